The first-order valence-electron chi connectivity index (χ1n) is 5.87. The van der Waals surface area contributed by atoms with E-state index in [-0.39, 0.29) is 12.2 Å². The van der Waals surface area contributed by atoms with Crippen LogP contribution in [0.15, 0.2) is 28.7 Å². The van der Waals surface area contributed by atoms with Gasteiger partial charge in [0.1, 0.15) is 5.69 Å². The highest BCUT2D eigenvalue weighted by atomic mass is 79.9. The predicted octanol–water partition coefficient (Wildman–Crippen LogP) is 3.95. The van der Waals surface area contributed by atoms with E-state index < -0.39 is 18.5 Å². The summed E-state index contributed by atoms with van der Waals surface area (Å²) >= 11 is 3.31. The third kappa shape index (κ3) is 3.53. The van der Waals surface area contributed by atoms with Crippen LogP contribution in [-0.4, -0.2) is 35.6 Å². The van der Waals surface area contributed by atoms with E-state index in [1.165, 1.54) is 7.05 Å². The highest BCUT2D eigenvalue weighted by molar-refractivity contribution is 9.10. The molecule has 1 aromatic heterocycles. The maximum atomic E-state index is 12.1. The van der Waals surface area contributed by atoms with Gasteiger partial charge in [-0.3, -0.25) is 4.79 Å². The molecular formula is C13H12BrF3N2O. The highest BCUT2D eigenvalue weighted by Crippen LogP contribution is 2.22. The number of rotatable bonds is 3. The molecule has 0 saturated carbocycles. The Hall–Kier alpha value is -1.50. The SMILES string of the molecule is CN(CCC(F)(F)F)C(=O)c1cc2ccc(Br)cc2[nH]1. The Labute approximate surface area is 121 Å². The number of hydrogen-bond acceptors (Lipinski definition) is 1. The Morgan fingerprint density at radius 1 is 1.35 bits per heavy atom. The van der Waals surface area contributed by atoms with Gasteiger partial charge in [-0.15, -0.1) is 0 Å². The second-order valence-corrected chi connectivity index (χ2v) is 5.42. The number of hydrogen-bond donors (Lipinski definition) is 1. The monoisotopic (exact) mass is 348 g/mol. The summed E-state index contributed by atoms with van der Waals surface area (Å²) in [6, 6.07) is 7.09. The molecule has 7 heteroatoms. The molecule has 0 aliphatic carbocycles. The first-order valence-corrected chi connectivity index (χ1v) is 6.66. The van der Waals surface area contributed by atoms with Gasteiger partial charge in [-0.2, -0.15) is 13.2 Å². The van der Waals surface area contributed by atoms with Gasteiger partial charge in [0.25, 0.3) is 5.91 Å². The standard InChI is InChI=1S/C13H12BrF3N2O/c1-19(5-4-13(15,16)17)12(20)11-6-8-2-3-9(14)7-10(8)18-11/h2-3,6-7,18H,4-5H2,1H3. The lowest BCUT2D eigenvalue weighted by atomic mass is 10.2. The van der Waals surface area contributed by atoms with Crippen molar-refractivity contribution < 1.29 is 18.0 Å². The minimum absolute atomic E-state index is 0.280. The topological polar surface area (TPSA) is 36.1 Å². The van der Waals surface area contributed by atoms with E-state index in [2.05, 4.69) is 20.9 Å². The molecule has 0 spiro atoms. The van der Waals surface area contributed by atoms with Crippen molar-refractivity contribution in [2.24, 2.45) is 0 Å². The largest absolute Gasteiger partial charge is 0.390 e. The Kier molecular flexibility index (Phi) is 4.08. The summed E-state index contributed by atoms with van der Waals surface area (Å²) in [5.74, 6) is -0.457. The van der Waals surface area contributed by atoms with E-state index in [0.29, 0.717) is 0 Å². The first kappa shape index (κ1) is 14.9. The zero-order valence-electron chi connectivity index (χ0n) is 10.6. The van der Waals surface area contributed by atoms with Gasteiger partial charge in [0.15, 0.2) is 0 Å². The number of carbonyl (C=O) groups is 1. The molecule has 1 aromatic carbocycles. The minimum Gasteiger partial charge on any atom is -0.350 e. The van der Waals surface area contributed by atoms with Gasteiger partial charge in [0.2, 0.25) is 0 Å². The van der Waals surface area contributed by atoms with Gasteiger partial charge < -0.3 is 9.88 Å². The van der Waals surface area contributed by atoms with E-state index in [4.69, 9.17) is 0 Å². The zero-order valence-corrected chi connectivity index (χ0v) is 12.2. The molecule has 0 aliphatic rings. The molecular weight excluding hydrogens is 337 g/mol. The van der Waals surface area contributed by atoms with Gasteiger partial charge >= 0.3 is 6.18 Å². The number of aromatic amines is 1. The van der Waals surface area contributed by atoms with Crippen molar-refractivity contribution in [3.63, 3.8) is 0 Å². The van der Waals surface area contributed by atoms with E-state index in [1.807, 2.05) is 18.2 Å². The lowest BCUT2D eigenvalue weighted by molar-refractivity contribution is -0.136. The molecule has 1 N–H and O–H groups in total. The average molecular weight is 349 g/mol. The normalized spacial score (nSPS) is 11.8. The zero-order chi connectivity index (χ0) is 14.9. The van der Waals surface area contributed by atoms with Crippen LogP contribution in [0.4, 0.5) is 13.2 Å². The van der Waals surface area contributed by atoms with Crippen LogP contribution in [0, 0.1) is 0 Å². The fraction of sp³-hybridized carbons (Fsp3) is 0.308. The van der Waals surface area contributed by atoms with Crippen LogP contribution >= 0.6 is 15.9 Å². The number of benzene rings is 1. The molecule has 0 unspecified atom stereocenters. The second kappa shape index (κ2) is 5.47. The second-order valence-electron chi connectivity index (χ2n) is 4.51. The van der Waals surface area contributed by atoms with Gasteiger partial charge in [-0.1, -0.05) is 22.0 Å². The van der Waals surface area contributed by atoms with Crippen molar-refractivity contribution in [3.8, 4) is 0 Å². The van der Waals surface area contributed by atoms with Gasteiger partial charge in [-0.05, 0) is 18.2 Å². The summed E-state index contributed by atoms with van der Waals surface area (Å²) in [6.07, 6.45) is -5.28. The molecule has 20 heavy (non-hydrogen) atoms. The Balaban J connectivity index is 2.14. The highest BCUT2D eigenvalue weighted by Gasteiger charge is 2.28. The minimum atomic E-state index is -4.26. The van der Waals surface area contributed by atoms with Crippen LogP contribution < -0.4 is 0 Å². The predicted molar refractivity (Wildman–Crippen MR) is 73.6 cm³/mol. The molecule has 0 saturated heterocycles. The molecule has 0 atom stereocenters. The number of halogens is 4. The number of H-pyrrole nitrogens is 1. The van der Waals surface area contributed by atoms with Crippen LogP contribution in [0.1, 0.15) is 16.9 Å². The van der Waals surface area contributed by atoms with Crippen molar-refractivity contribution >= 4 is 32.7 Å². The summed E-state index contributed by atoms with van der Waals surface area (Å²) < 4.78 is 37.3. The van der Waals surface area contributed by atoms with Gasteiger partial charge in [0, 0.05) is 29.0 Å². The Bertz CT molecular complexity index is 636. The number of nitrogens with one attached hydrogen (secondary N) is 1. The number of aromatic nitrogens is 1. The molecule has 0 radical (unpaired) electrons. The molecule has 0 bridgehead atoms. The number of fused-ring (bicyclic) bond motifs is 1. The molecule has 2 aromatic rings. The van der Waals surface area contributed by atoms with Crippen molar-refractivity contribution in [3.05, 3.63) is 34.4 Å². The van der Waals surface area contributed by atoms with Crippen molar-refractivity contribution in [2.45, 2.75) is 12.6 Å². The fourth-order valence-corrected chi connectivity index (χ4v) is 2.18. The molecule has 3 nitrogen and oxygen atoms in total. The van der Waals surface area contributed by atoms with Gasteiger partial charge in [-0.25, -0.2) is 0 Å². The molecule has 2 rings (SSSR count). The third-order valence-corrected chi connectivity index (χ3v) is 3.39. The van der Waals surface area contributed by atoms with E-state index in [9.17, 15) is 18.0 Å². The van der Waals surface area contributed by atoms with E-state index >= 15 is 0 Å². The molecule has 1 heterocycles. The maximum Gasteiger partial charge on any atom is 0.390 e. The number of amides is 1. The molecule has 1 amide bonds. The van der Waals surface area contributed by atoms with Crippen molar-refractivity contribution in [1.82, 2.24) is 9.88 Å². The van der Waals surface area contributed by atoms with Crippen LogP contribution in [-0.2, 0) is 0 Å². The van der Waals surface area contributed by atoms with Crippen LogP contribution in [0.25, 0.3) is 10.9 Å². The van der Waals surface area contributed by atoms with E-state index in [0.717, 1.165) is 20.3 Å². The average Bonchev–Trinajstić information content (AvgIpc) is 2.76. The fourth-order valence-electron chi connectivity index (χ4n) is 1.82. The lowest BCUT2D eigenvalue weighted by Crippen LogP contribution is -2.30. The van der Waals surface area contributed by atoms with Crippen molar-refractivity contribution in [2.75, 3.05) is 13.6 Å². The number of alkyl halides is 3. The maximum absolute atomic E-state index is 12.1. The van der Waals surface area contributed by atoms with Crippen LogP contribution in [0.5, 0.6) is 0 Å². The summed E-state index contributed by atoms with van der Waals surface area (Å²) in [6.45, 7) is -0.360. The smallest absolute Gasteiger partial charge is 0.350 e. The molecule has 0 aliphatic heterocycles. The van der Waals surface area contributed by atoms with Crippen LogP contribution in [0.3, 0.4) is 0 Å². The summed E-state index contributed by atoms with van der Waals surface area (Å²) in [7, 11) is 1.36. The van der Waals surface area contributed by atoms with Gasteiger partial charge in [0.05, 0.1) is 6.42 Å². The summed E-state index contributed by atoms with van der Waals surface area (Å²) in [4.78, 5) is 16.0. The lowest BCUT2D eigenvalue weighted by Gasteiger charge is -2.17. The summed E-state index contributed by atoms with van der Waals surface area (Å²) in [5, 5.41) is 0.834. The number of nitrogens with zero attached hydrogens (tertiary/aromatic N) is 1. The molecule has 0 fully saturated rings. The first-order chi connectivity index (χ1) is 9.26. The number of carbonyl (C=O) groups excluding carboxylic acids is 1. The van der Waals surface area contributed by atoms with E-state index in [1.54, 1.807) is 6.07 Å². The quantitative estimate of drug-likeness (QED) is 0.895. The van der Waals surface area contributed by atoms with Crippen LogP contribution in [0.2, 0.25) is 0 Å². The summed E-state index contributed by atoms with van der Waals surface area (Å²) in [5.41, 5.74) is 1.04. The molecule has 108 valence electrons. The Morgan fingerprint density at radius 2 is 2.05 bits per heavy atom. The Morgan fingerprint density at radius 3 is 2.70 bits per heavy atom. The van der Waals surface area contributed by atoms with Crippen molar-refractivity contribution in [1.29, 1.82) is 0 Å². The third-order valence-electron chi connectivity index (χ3n) is 2.89.